The van der Waals surface area contributed by atoms with Crippen LogP contribution in [-0.4, -0.2) is 52.9 Å². The van der Waals surface area contributed by atoms with Crippen LogP contribution in [0.15, 0.2) is 46.7 Å². The molecule has 0 radical (unpaired) electrons. The monoisotopic (exact) mass is 453 g/mol. The van der Waals surface area contributed by atoms with Crippen molar-refractivity contribution in [3.8, 4) is 0 Å². The van der Waals surface area contributed by atoms with Crippen molar-refractivity contribution in [1.82, 2.24) is 14.9 Å². The largest absolute Gasteiger partial charge is 0.459 e. The number of hydrogen-bond acceptors (Lipinski definition) is 8. The fourth-order valence-corrected chi connectivity index (χ4v) is 5.39. The number of nitrogens with one attached hydrogen (secondary N) is 1. The lowest BCUT2D eigenvalue weighted by Gasteiger charge is -2.35. The van der Waals surface area contributed by atoms with Gasteiger partial charge in [0.1, 0.15) is 17.0 Å². The number of amides is 2. The Balaban J connectivity index is 1.26. The van der Waals surface area contributed by atoms with Gasteiger partial charge in [0.25, 0.3) is 11.8 Å². The first-order chi connectivity index (χ1) is 15.1. The number of fused-ring (bicyclic) bond motifs is 1. The third kappa shape index (κ3) is 3.79. The van der Waals surface area contributed by atoms with Gasteiger partial charge in [-0.15, -0.1) is 22.7 Å². The van der Waals surface area contributed by atoms with E-state index in [1.165, 1.54) is 17.6 Å². The molecule has 10 heteroatoms. The summed E-state index contributed by atoms with van der Waals surface area (Å²) in [6.07, 6.45) is 3.05. The molecule has 2 amide bonds. The highest BCUT2D eigenvalue weighted by Crippen LogP contribution is 2.30. The molecule has 1 fully saturated rings. The number of carbonyl (C=O) groups is 2. The smallest absolute Gasteiger partial charge is 0.291 e. The van der Waals surface area contributed by atoms with Gasteiger partial charge in [-0.25, -0.2) is 9.97 Å². The zero-order chi connectivity index (χ0) is 21.4. The lowest BCUT2D eigenvalue weighted by molar-refractivity contribution is 0.0750. The van der Waals surface area contributed by atoms with E-state index >= 15 is 0 Å². The summed E-state index contributed by atoms with van der Waals surface area (Å²) < 4.78 is 5.12. The normalized spacial score (nSPS) is 14.2. The summed E-state index contributed by atoms with van der Waals surface area (Å²) in [4.78, 5) is 39.8. The van der Waals surface area contributed by atoms with Crippen LogP contribution in [0.25, 0.3) is 10.2 Å². The maximum atomic E-state index is 13.1. The van der Waals surface area contributed by atoms with Crippen molar-refractivity contribution >= 4 is 55.5 Å². The molecule has 0 spiro atoms. The standard InChI is InChI=1S/C21H19N5O3S2/c1-13-11-16(24-19(27)15-3-2-9-29-15)31-17(13)21(28)26-7-5-25(6-8-26)18-14-4-10-30-20(14)23-12-22-18/h2-4,9-12H,5-8H2,1H3,(H,24,27). The second-order valence-corrected chi connectivity index (χ2v) is 9.12. The highest BCUT2D eigenvalue weighted by molar-refractivity contribution is 7.18. The van der Waals surface area contributed by atoms with Gasteiger partial charge in [0.15, 0.2) is 5.76 Å². The summed E-state index contributed by atoms with van der Waals surface area (Å²) >= 11 is 2.89. The van der Waals surface area contributed by atoms with E-state index in [0.29, 0.717) is 36.1 Å². The molecular weight excluding hydrogens is 434 g/mol. The molecule has 8 nitrogen and oxygen atoms in total. The van der Waals surface area contributed by atoms with E-state index in [1.54, 1.807) is 29.8 Å². The number of furan rings is 1. The van der Waals surface area contributed by atoms with Gasteiger partial charge in [-0.05, 0) is 42.1 Å². The van der Waals surface area contributed by atoms with Crippen LogP contribution in [0.4, 0.5) is 10.8 Å². The number of piperazine rings is 1. The van der Waals surface area contributed by atoms with Crippen molar-refractivity contribution in [2.24, 2.45) is 0 Å². The van der Waals surface area contributed by atoms with Crippen molar-refractivity contribution in [2.45, 2.75) is 6.92 Å². The van der Waals surface area contributed by atoms with E-state index in [0.717, 1.165) is 21.6 Å². The Labute approximate surface area is 186 Å². The number of rotatable bonds is 4. The molecule has 1 N–H and O–H groups in total. The number of thiophene rings is 2. The van der Waals surface area contributed by atoms with Crippen molar-refractivity contribution < 1.29 is 14.0 Å². The number of aryl methyl sites for hydroxylation is 1. The molecule has 0 atom stereocenters. The second-order valence-electron chi connectivity index (χ2n) is 7.17. The summed E-state index contributed by atoms with van der Waals surface area (Å²) in [6, 6.07) is 7.13. The maximum Gasteiger partial charge on any atom is 0.291 e. The number of anilines is 2. The van der Waals surface area contributed by atoms with Crippen LogP contribution in [0.3, 0.4) is 0 Å². The minimum atomic E-state index is -0.330. The molecule has 0 unspecified atom stereocenters. The van der Waals surface area contributed by atoms with Gasteiger partial charge in [-0.3, -0.25) is 9.59 Å². The van der Waals surface area contributed by atoms with Gasteiger partial charge in [0.05, 0.1) is 21.5 Å². The number of aromatic nitrogens is 2. The molecule has 0 aliphatic carbocycles. The molecule has 0 aromatic carbocycles. The van der Waals surface area contributed by atoms with E-state index in [4.69, 9.17) is 4.42 Å². The number of nitrogens with zero attached hydrogens (tertiary/aromatic N) is 4. The minimum Gasteiger partial charge on any atom is -0.459 e. The molecule has 158 valence electrons. The molecule has 1 aliphatic heterocycles. The lowest BCUT2D eigenvalue weighted by Crippen LogP contribution is -2.49. The topological polar surface area (TPSA) is 91.6 Å². The Bertz CT molecular complexity index is 1240. The Hall–Kier alpha value is -3.24. The predicted molar refractivity (Wildman–Crippen MR) is 121 cm³/mol. The van der Waals surface area contributed by atoms with Crippen LogP contribution in [0.5, 0.6) is 0 Å². The zero-order valence-electron chi connectivity index (χ0n) is 16.7. The zero-order valence-corrected chi connectivity index (χ0v) is 18.3. The number of hydrogen-bond donors (Lipinski definition) is 1. The maximum absolute atomic E-state index is 13.1. The van der Waals surface area contributed by atoms with Crippen LogP contribution >= 0.6 is 22.7 Å². The average Bonchev–Trinajstić information content (AvgIpc) is 3.54. The van der Waals surface area contributed by atoms with Crippen molar-refractivity contribution in [2.75, 3.05) is 36.4 Å². The first kappa shape index (κ1) is 19.7. The van der Waals surface area contributed by atoms with Gasteiger partial charge in [0, 0.05) is 26.2 Å². The van der Waals surface area contributed by atoms with Crippen molar-refractivity contribution in [1.29, 1.82) is 0 Å². The lowest BCUT2D eigenvalue weighted by atomic mass is 10.2. The molecule has 0 bridgehead atoms. The molecular formula is C21H19N5O3S2. The Morgan fingerprint density at radius 2 is 2.00 bits per heavy atom. The van der Waals surface area contributed by atoms with Crippen LogP contribution in [0.1, 0.15) is 25.8 Å². The fourth-order valence-electron chi connectivity index (χ4n) is 3.63. The third-order valence-electron chi connectivity index (χ3n) is 5.20. The molecule has 0 saturated carbocycles. The highest BCUT2D eigenvalue weighted by Gasteiger charge is 2.26. The third-order valence-corrected chi connectivity index (χ3v) is 7.16. The van der Waals surface area contributed by atoms with Gasteiger partial charge >= 0.3 is 0 Å². The molecule has 5 rings (SSSR count). The van der Waals surface area contributed by atoms with Gasteiger partial charge in [-0.1, -0.05) is 0 Å². The van der Waals surface area contributed by atoms with Crippen molar-refractivity contribution in [3.05, 3.63) is 58.4 Å². The van der Waals surface area contributed by atoms with Crippen LogP contribution < -0.4 is 10.2 Å². The summed E-state index contributed by atoms with van der Waals surface area (Å²) in [5.41, 5.74) is 0.850. The summed E-state index contributed by atoms with van der Waals surface area (Å²) in [7, 11) is 0. The molecule has 1 aliphatic rings. The second kappa shape index (κ2) is 8.12. The van der Waals surface area contributed by atoms with E-state index in [1.807, 2.05) is 29.3 Å². The highest BCUT2D eigenvalue weighted by atomic mass is 32.1. The summed E-state index contributed by atoms with van der Waals surface area (Å²) in [5, 5.41) is 6.50. The van der Waals surface area contributed by atoms with E-state index in [-0.39, 0.29) is 17.6 Å². The SMILES string of the molecule is Cc1cc(NC(=O)c2ccco2)sc1C(=O)N1CCN(c2ncnc3sccc23)CC1. The summed E-state index contributed by atoms with van der Waals surface area (Å²) in [5.74, 6) is 0.820. The molecule has 1 saturated heterocycles. The van der Waals surface area contributed by atoms with E-state index in [9.17, 15) is 9.59 Å². The quantitative estimate of drug-likeness (QED) is 0.504. The molecule has 4 aromatic heterocycles. The minimum absolute atomic E-state index is 0.0102. The Morgan fingerprint density at radius 1 is 1.16 bits per heavy atom. The molecule has 4 aromatic rings. The van der Waals surface area contributed by atoms with Gasteiger partial charge < -0.3 is 19.5 Å². The van der Waals surface area contributed by atoms with E-state index in [2.05, 4.69) is 20.2 Å². The van der Waals surface area contributed by atoms with Gasteiger partial charge in [-0.2, -0.15) is 0 Å². The first-order valence-corrected chi connectivity index (χ1v) is 11.5. The van der Waals surface area contributed by atoms with Crippen LogP contribution in [-0.2, 0) is 0 Å². The van der Waals surface area contributed by atoms with Crippen molar-refractivity contribution in [3.63, 3.8) is 0 Å². The number of carbonyl (C=O) groups excluding carboxylic acids is 2. The van der Waals surface area contributed by atoms with Crippen LogP contribution in [0.2, 0.25) is 0 Å². The Kier molecular flexibility index (Phi) is 5.16. The molecule has 31 heavy (non-hydrogen) atoms. The van der Waals surface area contributed by atoms with Crippen LogP contribution in [0, 0.1) is 6.92 Å². The average molecular weight is 454 g/mol. The molecule has 5 heterocycles. The Morgan fingerprint density at radius 3 is 2.77 bits per heavy atom. The van der Waals surface area contributed by atoms with E-state index < -0.39 is 0 Å². The van der Waals surface area contributed by atoms with Gasteiger partial charge in [0.2, 0.25) is 0 Å². The summed E-state index contributed by atoms with van der Waals surface area (Å²) in [6.45, 7) is 4.52. The predicted octanol–water partition coefficient (Wildman–Crippen LogP) is 3.87. The first-order valence-electron chi connectivity index (χ1n) is 9.78. The fraction of sp³-hybridized carbons (Fsp3) is 0.238.